The average Bonchev–Trinajstić information content (AvgIpc) is 2.68. The van der Waals surface area contributed by atoms with Gasteiger partial charge in [0.15, 0.2) is 0 Å². The second kappa shape index (κ2) is 10.8. The summed E-state index contributed by atoms with van der Waals surface area (Å²) in [4.78, 5) is 25.4. The lowest BCUT2D eigenvalue weighted by Crippen LogP contribution is -2.46. The lowest BCUT2D eigenvalue weighted by molar-refractivity contribution is -0.151. The van der Waals surface area contributed by atoms with Gasteiger partial charge in [-0.2, -0.15) is 0 Å². The van der Waals surface area contributed by atoms with Crippen LogP contribution < -0.4 is 0 Å². The topological polar surface area (TPSA) is 57.6 Å². The van der Waals surface area contributed by atoms with E-state index in [-0.39, 0.29) is 18.2 Å². The summed E-state index contributed by atoms with van der Waals surface area (Å²) in [6, 6.07) is -0.827. The van der Waals surface area contributed by atoms with Crippen molar-refractivity contribution in [2.45, 2.75) is 52.5 Å². The van der Waals surface area contributed by atoms with Crippen molar-refractivity contribution in [3.8, 4) is 0 Å². The number of amides is 1. The molecule has 4 heteroatoms. The number of nitrogens with zero attached hydrogens (tertiary/aromatic N) is 1. The summed E-state index contributed by atoms with van der Waals surface area (Å²) in [5.74, 6) is -1.13. The number of carbonyl (C=O) groups is 2. The van der Waals surface area contributed by atoms with Gasteiger partial charge < -0.3 is 10.0 Å². The van der Waals surface area contributed by atoms with Crippen molar-refractivity contribution < 1.29 is 14.7 Å². The number of likely N-dealkylation sites (tertiary alicyclic amines) is 1. The van der Waals surface area contributed by atoms with Crippen LogP contribution in [0.2, 0.25) is 0 Å². The van der Waals surface area contributed by atoms with Crippen LogP contribution in [0.5, 0.6) is 0 Å². The molecule has 1 aliphatic heterocycles. The van der Waals surface area contributed by atoms with Crippen molar-refractivity contribution in [3.05, 3.63) is 37.0 Å². The van der Waals surface area contributed by atoms with Gasteiger partial charge in [-0.05, 0) is 18.4 Å². The Morgan fingerprint density at radius 3 is 2.55 bits per heavy atom. The Bertz CT molecular complexity index is 426. The van der Waals surface area contributed by atoms with Crippen LogP contribution in [-0.2, 0) is 9.59 Å². The number of hydrogen-bond acceptors (Lipinski definition) is 2. The summed E-state index contributed by atoms with van der Waals surface area (Å²) in [5, 5.41) is 9.45. The Morgan fingerprint density at radius 1 is 1.41 bits per heavy atom. The Hall–Kier alpha value is -1.84. The molecule has 4 nitrogen and oxygen atoms in total. The highest BCUT2D eigenvalue weighted by atomic mass is 16.4. The predicted octanol–water partition coefficient (Wildman–Crippen LogP) is 3.80. The third-order valence-corrected chi connectivity index (χ3v) is 3.68. The van der Waals surface area contributed by atoms with Gasteiger partial charge in [-0.1, -0.05) is 58.6 Å². The lowest BCUT2D eigenvalue weighted by atomic mass is 10.0. The van der Waals surface area contributed by atoms with Gasteiger partial charge in [0.25, 0.3) is 0 Å². The van der Waals surface area contributed by atoms with Gasteiger partial charge >= 0.3 is 5.97 Å². The summed E-state index contributed by atoms with van der Waals surface area (Å²) in [6.45, 7) is 13.7. The summed E-state index contributed by atoms with van der Waals surface area (Å²) in [6.07, 6.45) is 7.86. The lowest BCUT2D eigenvalue weighted by Gasteiger charge is -2.29. The van der Waals surface area contributed by atoms with Crippen LogP contribution in [0.4, 0.5) is 0 Å². The van der Waals surface area contributed by atoms with E-state index in [1.807, 2.05) is 20.8 Å². The fraction of sp³-hybridized carbons (Fsp3) is 0.556. The van der Waals surface area contributed by atoms with Gasteiger partial charge in [0.2, 0.25) is 5.91 Å². The van der Waals surface area contributed by atoms with E-state index < -0.39 is 12.0 Å². The molecule has 0 aromatic rings. The zero-order valence-corrected chi connectivity index (χ0v) is 14.0. The minimum atomic E-state index is -0.968. The molecular weight excluding hydrogens is 278 g/mol. The number of allylic oxidation sites excluding steroid dienone is 3. The maximum absolute atomic E-state index is 12.3. The first-order valence-corrected chi connectivity index (χ1v) is 7.98. The zero-order valence-electron chi connectivity index (χ0n) is 14.0. The van der Waals surface area contributed by atoms with Crippen LogP contribution in [0, 0.1) is 5.92 Å². The van der Waals surface area contributed by atoms with Gasteiger partial charge in [0.1, 0.15) is 6.04 Å². The maximum atomic E-state index is 12.3. The minimum absolute atomic E-state index is 0.0584. The second-order valence-corrected chi connectivity index (χ2v) is 5.17. The Labute approximate surface area is 134 Å². The van der Waals surface area contributed by atoms with Gasteiger partial charge in [-0.3, -0.25) is 4.79 Å². The number of carboxylic acid groups (broad SMARTS) is 1. The molecule has 0 radical (unpaired) electrons. The number of rotatable bonds is 6. The molecule has 22 heavy (non-hydrogen) atoms. The van der Waals surface area contributed by atoms with E-state index >= 15 is 0 Å². The molecule has 1 N–H and O–H groups in total. The average molecular weight is 307 g/mol. The summed E-state index contributed by atoms with van der Waals surface area (Å²) in [5.41, 5.74) is 0.775. The molecule has 0 bridgehead atoms. The van der Waals surface area contributed by atoms with E-state index in [9.17, 15) is 14.7 Å². The van der Waals surface area contributed by atoms with Crippen LogP contribution in [-0.4, -0.2) is 34.5 Å². The molecule has 1 heterocycles. The molecule has 1 fully saturated rings. The van der Waals surface area contributed by atoms with Gasteiger partial charge in [0.05, 0.1) is 0 Å². The molecule has 2 atom stereocenters. The zero-order chi connectivity index (χ0) is 17.1. The number of aliphatic carboxylic acids is 1. The standard InChI is InChI=1S/C16H23NO3.C2H6/c1-4-8-13(5-2)11-14(16(19)20)17-10-7-6-9-12(3)15(17)18;1-2/h4-5,8,12,14H,1-2,6-7,9-11H2,3H3,(H,19,20);1-2H3/b13-8+;. The molecule has 1 amide bonds. The molecule has 1 rings (SSSR count). The largest absolute Gasteiger partial charge is 0.480 e. The van der Waals surface area contributed by atoms with Gasteiger partial charge in [-0.15, -0.1) is 0 Å². The van der Waals surface area contributed by atoms with Crippen LogP contribution in [0.15, 0.2) is 37.0 Å². The van der Waals surface area contributed by atoms with E-state index in [1.54, 1.807) is 18.2 Å². The smallest absolute Gasteiger partial charge is 0.326 e. The molecular formula is C18H29NO3. The monoisotopic (exact) mass is 307 g/mol. The number of hydrogen-bond donors (Lipinski definition) is 1. The van der Waals surface area contributed by atoms with Crippen molar-refractivity contribution in [2.24, 2.45) is 5.92 Å². The molecule has 1 saturated heterocycles. The van der Waals surface area contributed by atoms with Crippen molar-refractivity contribution in [1.29, 1.82) is 0 Å². The fourth-order valence-electron chi connectivity index (χ4n) is 2.48. The Balaban J connectivity index is 0.00000211. The summed E-state index contributed by atoms with van der Waals surface area (Å²) in [7, 11) is 0. The van der Waals surface area contributed by atoms with Gasteiger partial charge in [-0.25, -0.2) is 4.79 Å². The molecule has 124 valence electrons. The minimum Gasteiger partial charge on any atom is -0.480 e. The molecule has 2 unspecified atom stereocenters. The normalized spacial score (nSPS) is 20.3. The van der Waals surface area contributed by atoms with Gasteiger partial charge in [0, 0.05) is 18.9 Å². The maximum Gasteiger partial charge on any atom is 0.326 e. The van der Waals surface area contributed by atoms with E-state index in [2.05, 4.69) is 13.2 Å². The molecule has 0 spiro atoms. The second-order valence-electron chi connectivity index (χ2n) is 5.17. The third-order valence-electron chi connectivity index (χ3n) is 3.68. The van der Waals surface area contributed by atoms with Crippen molar-refractivity contribution in [2.75, 3.05) is 6.54 Å². The Morgan fingerprint density at radius 2 is 2.05 bits per heavy atom. The van der Waals surface area contributed by atoms with E-state index in [0.717, 1.165) is 24.8 Å². The predicted molar refractivity (Wildman–Crippen MR) is 90.6 cm³/mol. The Kier molecular flexibility index (Phi) is 9.92. The fourth-order valence-corrected chi connectivity index (χ4v) is 2.48. The highest BCUT2D eigenvalue weighted by molar-refractivity contribution is 5.85. The quantitative estimate of drug-likeness (QED) is 0.759. The van der Waals surface area contributed by atoms with E-state index in [4.69, 9.17) is 0 Å². The van der Waals surface area contributed by atoms with Crippen LogP contribution in [0.1, 0.15) is 46.5 Å². The molecule has 1 aliphatic rings. The van der Waals surface area contributed by atoms with E-state index in [1.165, 1.54) is 4.90 Å². The number of carbonyl (C=O) groups excluding carboxylic acids is 1. The van der Waals surface area contributed by atoms with E-state index in [0.29, 0.717) is 6.54 Å². The first kappa shape index (κ1) is 20.2. The molecule has 0 aromatic heterocycles. The number of carboxylic acids is 1. The van der Waals surface area contributed by atoms with Crippen LogP contribution in [0.3, 0.4) is 0 Å². The molecule has 0 aliphatic carbocycles. The first-order chi connectivity index (χ1) is 10.5. The van der Waals surface area contributed by atoms with Crippen LogP contribution in [0.25, 0.3) is 0 Å². The van der Waals surface area contributed by atoms with Crippen molar-refractivity contribution in [3.63, 3.8) is 0 Å². The van der Waals surface area contributed by atoms with Crippen LogP contribution >= 0.6 is 0 Å². The first-order valence-electron chi connectivity index (χ1n) is 7.98. The molecule has 0 saturated carbocycles. The highest BCUT2D eigenvalue weighted by Gasteiger charge is 2.33. The van der Waals surface area contributed by atoms with Crippen molar-refractivity contribution >= 4 is 11.9 Å². The molecule has 0 aromatic carbocycles. The third kappa shape index (κ3) is 5.88. The highest BCUT2D eigenvalue weighted by Crippen LogP contribution is 2.22. The SMILES string of the molecule is C=C/C=C(\C=C)CC(C(=O)O)N1CCCCC(C)C1=O.CC. The summed E-state index contributed by atoms with van der Waals surface area (Å²) < 4.78 is 0. The van der Waals surface area contributed by atoms with Crippen molar-refractivity contribution in [1.82, 2.24) is 4.90 Å². The summed E-state index contributed by atoms with van der Waals surface area (Å²) >= 11 is 0.